The van der Waals surface area contributed by atoms with Crippen LogP contribution in [0.3, 0.4) is 0 Å². The van der Waals surface area contributed by atoms with Gasteiger partial charge in [0, 0.05) is 5.56 Å². The third-order valence-electron chi connectivity index (χ3n) is 6.38. The predicted molar refractivity (Wildman–Crippen MR) is 154 cm³/mol. The summed E-state index contributed by atoms with van der Waals surface area (Å²) in [7, 11) is 0. The Morgan fingerprint density at radius 1 is 1.02 bits per heavy atom. The number of carboxylic acids is 1. The van der Waals surface area contributed by atoms with Crippen molar-refractivity contribution in [2.45, 2.75) is 46.1 Å². The second kappa shape index (κ2) is 16.6. The molecule has 0 bridgehead atoms. The van der Waals surface area contributed by atoms with E-state index in [0.29, 0.717) is 30.8 Å². The number of carbonyl (C=O) groups excluding carboxylic acids is 3. The van der Waals surface area contributed by atoms with Crippen molar-refractivity contribution < 1.29 is 38.3 Å². The second-order valence-electron chi connectivity index (χ2n) is 9.53. The van der Waals surface area contributed by atoms with Gasteiger partial charge in [-0.3, -0.25) is 19.2 Å². The molecule has 0 aliphatic heterocycles. The molecule has 3 rings (SSSR count). The van der Waals surface area contributed by atoms with E-state index >= 15 is 0 Å². The number of hydrogen-bond acceptors (Lipinski definition) is 7. The van der Waals surface area contributed by atoms with Gasteiger partial charge in [0.05, 0.1) is 31.3 Å². The molecule has 1 unspecified atom stereocenters. The van der Waals surface area contributed by atoms with Gasteiger partial charge in [-0.1, -0.05) is 56.5 Å². The van der Waals surface area contributed by atoms with Crippen molar-refractivity contribution in [2.75, 3.05) is 19.8 Å². The normalized spacial score (nSPS) is 11.4. The minimum absolute atomic E-state index is 0.0149. The van der Waals surface area contributed by atoms with Gasteiger partial charge in [-0.05, 0) is 49.2 Å². The molecular weight excluding hydrogens is 542 g/mol. The molecule has 0 saturated heterocycles. The number of amides is 3. The van der Waals surface area contributed by atoms with Crippen LogP contribution < -0.4 is 15.4 Å². The zero-order valence-electron chi connectivity index (χ0n) is 23.8. The lowest BCUT2D eigenvalue weighted by atomic mass is 10.0. The zero-order chi connectivity index (χ0) is 30.3. The first-order valence-corrected chi connectivity index (χ1v) is 13.9. The third-order valence-corrected chi connectivity index (χ3v) is 6.38. The molecule has 3 N–H and O–H groups in total. The number of hydrogen-bond donors (Lipinski definition) is 3. The molecular formula is C31H37N3O8. The van der Waals surface area contributed by atoms with Crippen LogP contribution in [0.4, 0.5) is 0 Å². The van der Waals surface area contributed by atoms with Crippen LogP contribution in [0.1, 0.15) is 66.0 Å². The minimum Gasteiger partial charge on any atom is -0.494 e. The lowest BCUT2D eigenvalue weighted by Gasteiger charge is -2.23. The number of ether oxygens (including phenoxy) is 1. The Labute approximate surface area is 244 Å². The van der Waals surface area contributed by atoms with Gasteiger partial charge in [-0.2, -0.15) is 0 Å². The average molecular weight is 580 g/mol. The SMILES string of the molecule is CCCCCC(CN(C=O)OCc1ccccc1)C(=O)NCNC(=O)c1ccc(-c2cc(OCC)cc(C(=O)O)c2)o1. The summed E-state index contributed by atoms with van der Waals surface area (Å²) in [5, 5.41) is 15.8. The van der Waals surface area contributed by atoms with Crippen LogP contribution in [0.15, 0.2) is 65.1 Å². The summed E-state index contributed by atoms with van der Waals surface area (Å²) in [6.45, 7) is 4.30. The highest BCUT2D eigenvalue weighted by atomic mass is 16.7. The van der Waals surface area contributed by atoms with Crippen molar-refractivity contribution in [3.8, 4) is 17.1 Å². The zero-order valence-corrected chi connectivity index (χ0v) is 23.8. The fourth-order valence-electron chi connectivity index (χ4n) is 4.19. The van der Waals surface area contributed by atoms with Crippen molar-refractivity contribution >= 4 is 24.2 Å². The molecule has 224 valence electrons. The summed E-state index contributed by atoms with van der Waals surface area (Å²) < 4.78 is 11.1. The standard InChI is InChI=1S/C31H37N3O8/c1-3-5-7-12-23(18-34(21-35)41-19-22-10-8-6-9-11-22)29(36)32-20-33-30(37)28-14-13-27(42-28)24-15-25(31(38)39)17-26(16-24)40-4-2/h6,8-11,13-17,21,23H,3-5,7,12,18-20H2,1-2H3,(H,32,36)(H,33,37)(H,38,39). The number of benzene rings is 2. The first-order chi connectivity index (χ1) is 20.3. The Morgan fingerprint density at radius 2 is 1.81 bits per heavy atom. The van der Waals surface area contributed by atoms with Crippen molar-refractivity contribution in [2.24, 2.45) is 5.92 Å². The van der Waals surface area contributed by atoms with E-state index in [1.165, 1.54) is 18.2 Å². The van der Waals surface area contributed by atoms with E-state index in [1.54, 1.807) is 19.1 Å². The molecule has 11 heteroatoms. The highest BCUT2D eigenvalue weighted by Crippen LogP contribution is 2.28. The van der Waals surface area contributed by atoms with Crippen LogP contribution in [0, 0.1) is 5.92 Å². The molecule has 2 aromatic carbocycles. The Morgan fingerprint density at radius 3 is 2.50 bits per heavy atom. The molecule has 3 aromatic rings. The van der Waals surface area contributed by atoms with E-state index in [4.69, 9.17) is 14.0 Å². The Balaban J connectivity index is 1.57. The average Bonchev–Trinajstić information content (AvgIpc) is 3.49. The summed E-state index contributed by atoms with van der Waals surface area (Å²) in [5.74, 6) is -1.91. The highest BCUT2D eigenvalue weighted by molar-refractivity contribution is 5.93. The summed E-state index contributed by atoms with van der Waals surface area (Å²) in [6, 6.07) is 16.9. The van der Waals surface area contributed by atoms with Crippen LogP contribution in [0.5, 0.6) is 5.75 Å². The number of aromatic carboxylic acids is 1. The van der Waals surface area contributed by atoms with Crippen LogP contribution in [-0.2, 0) is 21.0 Å². The molecule has 0 saturated carbocycles. The van der Waals surface area contributed by atoms with Crippen LogP contribution in [-0.4, -0.2) is 54.2 Å². The van der Waals surface area contributed by atoms with Crippen molar-refractivity contribution in [1.29, 1.82) is 0 Å². The highest BCUT2D eigenvalue weighted by Gasteiger charge is 2.22. The fraction of sp³-hybridized carbons (Fsp3) is 0.355. The molecule has 0 aliphatic rings. The molecule has 3 amide bonds. The number of hydroxylamine groups is 2. The molecule has 42 heavy (non-hydrogen) atoms. The molecule has 0 spiro atoms. The largest absolute Gasteiger partial charge is 0.494 e. The monoisotopic (exact) mass is 579 g/mol. The maximum Gasteiger partial charge on any atom is 0.335 e. The fourth-order valence-corrected chi connectivity index (χ4v) is 4.19. The van der Waals surface area contributed by atoms with Gasteiger partial charge in [0.15, 0.2) is 5.76 Å². The molecule has 1 aromatic heterocycles. The van der Waals surface area contributed by atoms with Crippen LogP contribution in [0.2, 0.25) is 0 Å². The van der Waals surface area contributed by atoms with Crippen molar-refractivity contribution in [1.82, 2.24) is 15.7 Å². The molecule has 0 fully saturated rings. The second-order valence-corrected chi connectivity index (χ2v) is 9.53. The van der Waals surface area contributed by atoms with Crippen LogP contribution >= 0.6 is 0 Å². The van der Waals surface area contributed by atoms with Gasteiger partial charge in [-0.25, -0.2) is 9.86 Å². The smallest absolute Gasteiger partial charge is 0.335 e. The van der Waals surface area contributed by atoms with Gasteiger partial charge >= 0.3 is 5.97 Å². The number of rotatable bonds is 18. The maximum atomic E-state index is 13.0. The first kappa shape index (κ1) is 31.9. The van der Waals surface area contributed by atoms with Gasteiger partial charge < -0.3 is 24.9 Å². The quantitative estimate of drug-likeness (QED) is 0.0855. The van der Waals surface area contributed by atoms with Gasteiger partial charge in [0.2, 0.25) is 12.3 Å². The molecule has 1 atom stereocenters. The van der Waals surface area contributed by atoms with Crippen molar-refractivity contribution in [3.63, 3.8) is 0 Å². The summed E-state index contributed by atoms with van der Waals surface area (Å²) in [6.07, 6.45) is 3.82. The number of nitrogens with zero attached hydrogens (tertiary/aromatic N) is 1. The van der Waals surface area contributed by atoms with Gasteiger partial charge in [0.25, 0.3) is 5.91 Å². The topological polar surface area (TPSA) is 147 Å². The maximum absolute atomic E-state index is 13.0. The van der Waals surface area contributed by atoms with E-state index in [1.807, 2.05) is 30.3 Å². The summed E-state index contributed by atoms with van der Waals surface area (Å²) in [4.78, 5) is 54.4. The number of carboxylic acid groups (broad SMARTS) is 1. The van der Waals surface area contributed by atoms with Gasteiger partial charge in [0.1, 0.15) is 18.1 Å². The predicted octanol–water partition coefficient (Wildman–Crippen LogP) is 4.63. The molecule has 11 nitrogen and oxygen atoms in total. The molecule has 0 radical (unpaired) electrons. The van der Waals surface area contributed by atoms with E-state index < -0.39 is 17.8 Å². The summed E-state index contributed by atoms with van der Waals surface area (Å²) >= 11 is 0. The van der Waals surface area contributed by atoms with E-state index in [-0.39, 0.29) is 42.8 Å². The van der Waals surface area contributed by atoms with E-state index in [2.05, 4.69) is 17.6 Å². The summed E-state index contributed by atoms with van der Waals surface area (Å²) in [5.41, 5.74) is 1.35. The third kappa shape index (κ3) is 9.77. The van der Waals surface area contributed by atoms with Crippen molar-refractivity contribution in [3.05, 3.63) is 77.6 Å². The Kier molecular flexibility index (Phi) is 12.6. The van der Waals surface area contributed by atoms with Crippen LogP contribution in [0.25, 0.3) is 11.3 Å². The lowest BCUT2D eigenvalue weighted by Crippen LogP contribution is -2.43. The number of furan rings is 1. The lowest BCUT2D eigenvalue weighted by molar-refractivity contribution is -0.182. The van der Waals surface area contributed by atoms with E-state index in [9.17, 15) is 24.3 Å². The number of carbonyl (C=O) groups is 4. The Hall–Kier alpha value is -4.64. The number of nitrogens with one attached hydrogen (secondary N) is 2. The number of unbranched alkanes of at least 4 members (excludes halogenated alkanes) is 2. The molecule has 1 heterocycles. The Bertz CT molecular complexity index is 1320. The van der Waals surface area contributed by atoms with E-state index in [0.717, 1.165) is 29.9 Å². The minimum atomic E-state index is -1.12. The first-order valence-electron chi connectivity index (χ1n) is 13.9. The van der Waals surface area contributed by atoms with Gasteiger partial charge in [-0.15, -0.1) is 0 Å². The molecule has 0 aliphatic carbocycles.